The molecule has 0 aliphatic carbocycles. The second-order valence-electron chi connectivity index (χ2n) is 5.89. The summed E-state index contributed by atoms with van der Waals surface area (Å²) in [5.41, 5.74) is 2.95. The van der Waals surface area contributed by atoms with Gasteiger partial charge in [-0.15, -0.1) is 0 Å². The third-order valence-electron chi connectivity index (χ3n) is 4.12. The molecule has 0 spiro atoms. The average Bonchev–Trinajstić information content (AvgIpc) is 2.63. The number of halogens is 2. The molecule has 2 aromatic rings. The molecule has 0 aliphatic heterocycles. The standard InChI is InChI=1S/C20H20ClIO5/c1-12-10-18(25)19(26)11-16(12)20(13-2-4-14(24)5-3-13)15(7-9-27-22)17(21)6-8-23/h2-7,10-11,20,23-26H,8-9H2,1H3/b15-7+,17-6+. The summed E-state index contributed by atoms with van der Waals surface area (Å²) in [6, 6.07) is 9.61. The van der Waals surface area contributed by atoms with Gasteiger partial charge in [0.05, 0.1) is 13.2 Å². The number of hydrogen-bond donors (Lipinski definition) is 4. The lowest BCUT2D eigenvalue weighted by molar-refractivity contribution is 0.342. The van der Waals surface area contributed by atoms with Crippen LogP contribution in [0.2, 0.25) is 0 Å². The number of allylic oxidation sites excluding steroid dienone is 2. The van der Waals surface area contributed by atoms with Crippen molar-refractivity contribution in [1.29, 1.82) is 0 Å². The van der Waals surface area contributed by atoms with E-state index in [-0.39, 0.29) is 30.5 Å². The number of aromatic hydroxyl groups is 3. The van der Waals surface area contributed by atoms with E-state index < -0.39 is 5.92 Å². The van der Waals surface area contributed by atoms with Crippen molar-refractivity contribution in [1.82, 2.24) is 0 Å². The van der Waals surface area contributed by atoms with Crippen molar-refractivity contribution < 1.29 is 23.5 Å². The molecule has 0 aliphatic rings. The first-order valence-electron chi connectivity index (χ1n) is 8.10. The molecule has 0 aromatic heterocycles. The van der Waals surface area contributed by atoms with Gasteiger partial charge in [0.15, 0.2) is 11.5 Å². The van der Waals surface area contributed by atoms with Gasteiger partial charge < -0.3 is 23.5 Å². The van der Waals surface area contributed by atoms with Gasteiger partial charge in [-0.2, -0.15) is 0 Å². The predicted octanol–water partition coefficient (Wildman–Crippen LogP) is 4.65. The fraction of sp³-hybridized carbons (Fsp3) is 0.200. The van der Waals surface area contributed by atoms with Gasteiger partial charge in [-0.1, -0.05) is 29.8 Å². The number of aryl methyl sites for hydroxylation is 1. The zero-order chi connectivity index (χ0) is 20.0. The summed E-state index contributed by atoms with van der Waals surface area (Å²) >= 11 is 8.22. The Kier molecular flexibility index (Phi) is 7.97. The van der Waals surface area contributed by atoms with E-state index in [1.54, 1.807) is 53.3 Å². The SMILES string of the molecule is Cc1cc(O)c(O)cc1C(C(=C/COI)/C(Cl)=C\CO)c1ccc(O)cc1. The lowest BCUT2D eigenvalue weighted by atomic mass is 9.82. The van der Waals surface area contributed by atoms with Crippen molar-refractivity contribution in [3.8, 4) is 17.2 Å². The Balaban J connectivity index is 2.73. The second-order valence-corrected chi connectivity index (χ2v) is 6.92. The summed E-state index contributed by atoms with van der Waals surface area (Å²) in [5, 5.41) is 39.1. The minimum Gasteiger partial charge on any atom is -0.508 e. The van der Waals surface area contributed by atoms with Crippen molar-refractivity contribution in [2.24, 2.45) is 0 Å². The van der Waals surface area contributed by atoms with Crippen molar-refractivity contribution in [2.75, 3.05) is 13.2 Å². The second kappa shape index (κ2) is 9.98. The molecule has 0 radical (unpaired) electrons. The number of rotatable bonds is 7. The van der Waals surface area contributed by atoms with Crippen LogP contribution in [0.3, 0.4) is 0 Å². The van der Waals surface area contributed by atoms with E-state index in [0.29, 0.717) is 10.6 Å². The smallest absolute Gasteiger partial charge is 0.157 e. The normalized spacial score (nSPS) is 13.6. The predicted molar refractivity (Wildman–Crippen MR) is 114 cm³/mol. The Morgan fingerprint density at radius 3 is 2.33 bits per heavy atom. The maximum Gasteiger partial charge on any atom is 0.157 e. The molecular formula is C20H20ClIO5. The zero-order valence-electron chi connectivity index (χ0n) is 14.6. The molecule has 1 unspecified atom stereocenters. The monoisotopic (exact) mass is 502 g/mol. The molecule has 144 valence electrons. The van der Waals surface area contributed by atoms with Crippen LogP contribution in [0, 0.1) is 6.92 Å². The third-order valence-corrected chi connectivity index (χ3v) is 4.86. The Labute approximate surface area is 176 Å². The van der Waals surface area contributed by atoms with Gasteiger partial charge in [-0.25, -0.2) is 0 Å². The van der Waals surface area contributed by atoms with Gasteiger partial charge in [0.1, 0.15) is 28.8 Å². The average molecular weight is 503 g/mol. The topological polar surface area (TPSA) is 90.2 Å². The van der Waals surface area contributed by atoms with Gasteiger partial charge >= 0.3 is 0 Å². The molecule has 27 heavy (non-hydrogen) atoms. The van der Waals surface area contributed by atoms with Crippen LogP contribution in [0.15, 0.2) is 59.2 Å². The van der Waals surface area contributed by atoms with Gasteiger partial charge in [-0.05, 0) is 59.5 Å². The van der Waals surface area contributed by atoms with Crippen LogP contribution in [0.25, 0.3) is 0 Å². The van der Waals surface area contributed by atoms with Gasteiger partial charge in [-0.3, -0.25) is 0 Å². The van der Waals surface area contributed by atoms with Crippen molar-refractivity contribution in [2.45, 2.75) is 12.8 Å². The molecule has 0 saturated heterocycles. The van der Waals surface area contributed by atoms with Crippen molar-refractivity contribution in [3.05, 3.63) is 75.8 Å². The first-order valence-corrected chi connectivity index (χ1v) is 9.36. The van der Waals surface area contributed by atoms with Gasteiger partial charge in [0.25, 0.3) is 0 Å². The minimum absolute atomic E-state index is 0.126. The van der Waals surface area contributed by atoms with Crippen LogP contribution in [0.1, 0.15) is 22.6 Å². The Bertz CT molecular complexity index is 846. The quantitative estimate of drug-likeness (QED) is 0.251. The molecule has 0 fully saturated rings. The number of aliphatic hydroxyl groups is 1. The Morgan fingerprint density at radius 2 is 1.74 bits per heavy atom. The largest absolute Gasteiger partial charge is 0.508 e. The summed E-state index contributed by atoms with van der Waals surface area (Å²) < 4.78 is 5.13. The van der Waals surface area contributed by atoms with E-state index in [1.807, 2.05) is 6.92 Å². The molecule has 0 bridgehead atoms. The van der Waals surface area contributed by atoms with Crippen LogP contribution in [0.5, 0.6) is 17.2 Å². The van der Waals surface area contributed by atoms with E-state index in [1.165, 1.54) is 18.2 Å². The van der Waals surface area contributed by atoms with E-state index >= 15 is 0 Å². The highest BCUT2D eigenvalue weighted by Crippen LogP contribution is 2.42. The molecule has 5 nitrogen and oxygen atoms in total. The third kappa shape index (κ3) is 5.38. The first-order chi connectivity index (χ1) is 12.9. The Hall–Kier alpha value is -1.74. The number of hydrogen-bond acceptors (Lipinski definition) is 5. The molecular weight excluding hydrogens is 483 g/mol. The van der Waals surface area contributed by atoms with E-state index in [2.05, 4.69) is 0 Å². The maximum atomic E-state index is 10.0. The molecule has 1 atom stereocenters. The lowest BCUT2D eigenvalue weighted by Crippen LogP contribution is -2.09. The lowest BCUT2D eigenvalue weighted by Gasteiger charge is -2.24. The van der Waals surface area contributed by atoms with Crippen LogP contribution >= 0.6 is 34.6 Å². The fourth-order valence-corrected chi connectivity index (χ4v) is 3.31. The van der Waals surface area contributed by atoms with E-state index in [4.69, 9.17) is 14.7 Å². The molecule has 2 rings (SSSR count). The molecule has 0 heterocycles. The van der Waals surface area contributed by atoms with Gasteiger partial charge in [0.2, 0.25) is 0 Å². The maximum absolute atomic E-state index is 10.0. The molecule has 2 aromatic carbocycles. The van der Waals surface area contributed by atoms with Crippen molar-refractivity contribution >= 4 is 34.6 Å². The van der Waals surface area contributed by atoms with Crippen LogP contribution in [-0.2, 0) is 3.07 Å². The van der Waals surface area contributed by atoms with Gasteiger partial charge in [0, 0.05) is 11.0 Å². The minimum atomic E-state index is -0.418. The molecule has 4 N–H and O–H groups in total. The zero-order valence-corrected chi connectivity index (χ0v) is 17.5. The Morgan fingerprint density at radius 1 is 1.11 bits per heavy atom. The van der Waals surface area contributed by atoms with Crippen LogP contribution in [0.4, 0.5) is 0 Å². The van der Waals surface area contributed by atoms with Crippen LogP contribution < -0.4 is 0 Å². The molecule has 0 amide bonds. The van der Waals surface area contributed by atoms with E-state index in [0.717, 1.165) is 16.7 Å². The molecule has 0 saturated carbocycles. The van der Waals surface area contributed by atoms with Crippen molar-refractivity contribution in [3.63, 3.8) is 0 Å². The highest BCUT2D eigenvalue weighted by molar-refractivity contribution is 14.1. The summed E-state index contributed by atoms with van der Waals surface area (Å²) in [4.78, 5) is 0. The molecule has 7 heteroatoms. The number of aliphatic hydroxyl groups excluding tert-OH is 1. The first kappa shape index (κ1) is 21.6. The van der Waals surface area contributed by atoms with E-state index in [9.17, 15) is 20.4 Å². The number of phenolic OH excluding ortho intramolecular Hbond substituents is 3. The summed E-state index contributed by atoms with van der Waals surface area (Å²) in [7, 11) is 0. The summed E-state index contributed by atoms with van der Waals surface area (Å²) in [6.45, 7) is 1.87. The summed E-state index contributed by atoms with van der Waals surface area (Å²) in [5.74, 6) is -0.746. The fourth-order valence-electron chi connectivity index (χ4n) is 2.87. The highest BCUT2D eigenvalue weighted by atomic mass is 127. The van der Waals surface area contributed by atoms with Crippen LogP contribution in [-0.4, -0.2) is 33.6 Å². The number of benzene rings is 2. The number of phenols is 3. The highest BCUT2D eigenvalue weighted by Gasteiger charge is 2.24. The summed E-state index contributed by atoms with van der Waals surface area (Å²) in [6.07, 6.45) is 3.27.